The summed E-state index contributed by atoms with van der Waals surface area (Å²) in [4.78, 5) is 12.0. The lowest BCUT2D eigenvalue weighted by molar-refractivity contribution is -0.119. The second-order valence-corrected chi connectivity index (χ2v) is 5.15. The molecular weight excluding hydrogens is 256 g/mol. The Morgan fingerprint density at radius 2 is 2.35 bits per heavy atom. The molecule has 0 saturated heterocycles. The molecule has 20 heavy (non-hydrogen) atoms. The SMILES string of the molecule is CCOc1cc2c(cc1NC(=O)C(C)CN)OC(C)C2. The van der Waals surface area contributed by atoms with Gasteiger partial charge in [0, 0.05) is 30.5 Å². The number of carbonyl (C=O) groups is 1. The monoisotopic (exact) mass is 278 g/mol. The van der Waals surface area contributed by atoms with Crippen molar-refractivity contribution in [2.75, 3.05) is 18.5 Å². The van der Waals surface area contributed by atoms with E-state index >= 15 is 0 Å². The highest BCUT2D eigenvalue weighted by atomic mass is 16.5. The van der Waals surface area contributed by atoms with Crippen LogP contribution < -0.4 is 20.5 Å². The highest BCUT2D eigenvalue weighted by Crippen LogP contribution is 2.38. The highest BCUT2D eigenvalue weighted by Gasteiger charge is 2.23. The van der Waals surface area contributed by atoms with Crippen LogP contribution in [-0.4, -0.2) is 25.2 Å². The average molecular weight is 278 g/mol. The van der Waals surface area contributed by atoms with E-state index in [4.69, 9.17) is 15.2 Å². The fraction of sp³-hybridized carbons (Fsp3) is 0.533. The van der Waals surface area contributed by atoms with Crippen LogP contribution in [0.25, 0.3) is 0 Å². The normalized spacial score (nSPS) is 18.1. The van der Waals surface area contributed by atoms with E-state index < -0.39 is 0 Å². The molecule has 3 N–H and O–H groups in total. The Morgan fingerprint density at radius 3 is 3.00 bits per heavy atom. The summed E-state index contributed by atoms with van der Waals surface area (Å²) in [6.07, 6.45) is 1.02. The largest absolute Gasteiger partial charge is 0.492 e. The molecule has 110 valence electrons. The van der Waals surface area contributed by atoms with Crippen LogP contribution in [0.5, 0.6) is 11.5 Å². The highest BCUT2D eigenvalue weighted by molar-refractivity contribution is 5.94. The van der Waals surface area contributed by atoms with Crippen molar-refractivity contribution in [3.05, 3.63) is 17.7 Å². The van der Waals surface area contributed by atoms with Crippen molar-refractivity contribution in [1.29, 1.82) is 0 Å². The first-order chi connectivity index (χ1) is 9.55. The van der Waals surface area contributed by atoms with Crippen molar-refractivity contribution in [3.63, 3.8) is 0 Å². The summed E-state index contributed by atoms with van der Waals surface area (Å²) in [6, 6.07) is 3.79. The number of rotatable bonds is 5. The summed E-state index contributed by atoms with van der Waals surface area (Å²) in [5.41, 5.74) is 7.27. The summed E-state index contributed by atoms with van der Waals surface area (Å²) in [5.74, 6) is 1.15. The van der Waals surface area contributed by atoms with Gasteiger partial charge in [-0.3, -0.25) is 4.79 Å². The van der Waals surface area contributed by atoms with Gasteiger partial charge in [0.1, 0.15) is 17.6 Å². The van der Waals surface area contributed by atoms with E-state index in [9.17, 15) is 4.79 Å². The fourth-order valence-corrected chi connectivity index (χ4v) is 2.17. The van der Waals surface area contributed by atoms with Crippen molar-refractivity contribution in [1.82, 2.24) is 0 Å². The molecule has 1 heterocycles. The maximum absolute atomic E-state index is 12.0. The molecule has 2 atom stereocenters. The number of fused-ring (bicyclic) bond motifs is 1. The lowest BCUT2D eigenvalue weighted by Crippen LogP contribution is -2.26. The molecule has 2 rings (SSSR count). The summed E-state index contributed by atoms with van der Waals surface area (Å²) in [6.45, 7) is 6.59. The van der Waals surface area contributed by atoms with Crippen molar-refractivity contribution in [2.45, 2.75) is 33.3 Å². The number of hydrogen-bond acceptors (Lipinski definition) is 4. The average Bonchev–Trinajstić information content (AvgIpc) is 2.77. The second-order valence-electron chi connectivity index (χ2n) is 5.15. The standard InChI is InChI=1S/C15H22N2O3/c1-4-19-14-6-11-5-10(3)20-13(11)7-12(14)17-15(18)9(2)8-16/h6-7,9-10H,4-5,8,16H2,1-3H3,(H,17,18). The van der Waals surface area contributed by atoms with Crippen LogP contribution in [0, 0.1) is 5.92 Å². The molecule has 0 bridgehead atoms. The van der Waals surface area contributed by atoms with E-state index in [1.807, 2.05) is 26.0 Å². The van der Waals surface area contributed by atoms with Gasteiger partial charge < -0.3 is 20.5 Å². The maximum Gasteiger partial charge on any atom is 0.228 e. The zero-order valence-corrected chi connectivity index (χ0v) is 12.2. The first kappa shape index (κ1) is 14.7. The van der Waals surface area contributed by atoms with Crippen LogP contribution in [-0.2, 0) is 11.2 Å². The quantitative estimate of drug-likeness (QED) is 0.863. The van der Waals surface area contributed by atoms with Gasteiger partial charge in [-0.15, -0.1) is 0 Å². The van der Waals surface area contributed by atoms with Gasteiger partial charge in [-0.05, 0) is 19.9 Å². The number of hydrogen-bond donors (Lipinski definition) is 2. The van der Waals surface area contributed by atoms with Crippen LogP contribution in [0.1, 0.15) is 26.3 Å². The van der Waals surface area contributed by atoms with Crippen molar-refractivity contribution in [3.8, 4) is 11.5 Å². The molecule has 5 heteroatoms. The van der Waals surface area contributed by atoms with Crippen LogP contribution in [0.15, 0.2) is 12.1 Å². The Kier molecular flexibility index (Phi) is 4.49. The smallest absolute Gasteiger partial charge is 0.228 e. The molecule has 5 nitrogen and oxygen atoms in total. The number of anilines is 1. The van der Waals surface area contributed by atoms with Crippen molar-refractivity contribution >= 4 is 11.6 Å². The van der Waals surface area contributed by atoms with Gasteiger partial charge in [-0.25, -0.2) is 0 Å². The Balaban J connectivity index is 2.27. The topological polar surface area (TPSA) is 73.6 Å². The molecule has 1 aromatic rings. The van der Waals surface area contributed by atoms with Crippen molar-refractivity contribution < 1.29 is 14.3 Å². The van der Waals surface area contributed by atoms with E-state index in [1.54, 1.807) is 6.92 Å². The van der Waals surface area contributed by atoms with Gasteiger partial charge in [0.05, 0.1) is 12.3 Å². The minimum atomic E-state index is -0.238. The predicted molar refractivity (Wildman–Crippen MR) is 78.3 cm³/mol. The molecule has 0 spiro atoms. The minimum Gasteiger partial charge on any atom is -0.492 e. The molecule has 0 aliphatic carbocycles. The van der Waals surface area contributed by atoms with Gasteiger partial charge in [0.2, 0.25) is 5.91 Å². The molecule has 0 aromatic heterocycles. The molecule has 0 saturated carbocycles. The molecule has 1 aromatic carbocycles. The summed E-state index contributed by atoms with van der Waals surface area (Å²) in [7, 11) is 0. The van der Waals surface area contributed by atoms with E-state index in [0.717, 1.165) is 17.7 Å². The molecule has 1 amide bonds. The number of nitrogens with one attached hydrogen (secondary N) is 1. The van der Waals surface area contributed by atoms with Gasteiger partial charge >= 0.3 is 0 Å². The maximum atomic E-state index is 12.0. The zero-order chi connectivity index (χ0) is 14.7. The Hall–Kier alpha value is -1.75. The minimum absolute atomic E-state index is 0.112. The van der Waals surface area contributed by atoms with Crippen LogP contribution in [0.2, 0.25) is 0 Å². The van der Waals surface area contributed by atoms with E-state index in [2.05, 4.69) is 5.32 Å². The number of amides is 1. The second kappa shape index (κ2) is 6.13. The Labute approximate surface area is 119 Å². The molecule has 1 aliphatic heterocycles. The van der Waals surface area contributed by atoms with E-state index in [1.165, 1.54) is 0 Å². The zero-order valence-electron chi connectivity index (χ0n) is 12.2. The summed E-state index contributed by atoms with van der Waals surface area (Å²) in [5, 5.41) is 2.87. The van der Waals surface area contributed by atoms with Gasteiger partial charge in [-0.1, -0.05) is 6.92 Å². The lowest BCUT2D eigenvalue weighted by Gasteiger charge is -2.15. The van der Waals surface area contributed by atoms with Gasteiger partial charge in [0.15, 0.2) is 0 Å². The third-order valence-corrected chi connectivity index (χ3v) is 3.36. The Morgan fingerprint density at radius 1 is 1.60 bits per heavy atom. The van der Waals surface area contributed by atoms with Gasteiger partial charge in [-0.2, -0.15) is 0 Å². The first-order valence-corrected chi connectivity index (χ1v) is 7.02. The number of ether oxygens (including phenoxy) is 2. The predicted octanol–water partition coefficient (Wildman–Crippen LogP) is 1.94. The summed E-state index contributed by atoms with van der Waals surface area (Å²) >= 11 is 0. The van der Waals surface area contributed by atoms with Crippen LogP contribution >= 0.6 is 0 Å². The Bertz CT molecular complexity index is 502. The van der Waals surface area contributed by atoms with E-state index in [-0.39, 0.29) is 17.9 Å². The number of nitrogens with two attached hydrogens (primary N) is 1. The van der Waals surface area contributed by atoms with Gasteiger partial charge in [0.25, 0.3) is 0 Å². The first-order valence-electron chi connectivity index (χ1n) is 7.02. The number of benzene rings is 1. The molecule has 2 unspecified atom stereocenters. The molecular formula is C15H22N2O3. The third-order valence-electron chi connectivity index (χ3n) is 3.36. The van der Waals surface area contributed by atoms with Crippen molar-refractivity contribution in [2.24, 2.45) is 11.7 Å². The molecule has 0 fully saturated rings. The van der Waals surface area contributed by atoms with Crippen LogP contribution in [0.3, 0.4) is 0 Å². The van der Waals surface area contributed by atoms with Crippen LogP contribution in [0.4, 0.5) is 5.69 Å². The summed E-state index contributed by atoms with van der Waals surface area (Å²) < 4.78 is 11.3. The lowest BCUT2D eigenvalue weighted by atomic mass is 10.1. The van der Waals surface area contributed by atoms with E-state index in [0.29, 0.717) is 24.6 Å². The molecule has 1 aliphatic rings. The number of carbonyl (C=O) groups excluding carboxylic acids is 1. The fourth-order valence-electron chi connectivity index (χ4n) is 2.17. The third kappa shape index (κ3) is 3.04. The molecule has 0 radical (unpaired) electrons.